The van der Waals surface area contributed by atoms with Gasteiger partial charge in [-0.1, -0.05) is 0 Å². The van der Waals surface area contributed by atoms with Crippen molar-refractivity contribution in [1.29, 1.82) is 0 Å². The van der Waals surface area contributed by atoms with Crippen LogP contribution in [0.1, 0.15) is 30.1 Å². The minimum atomic E-state index is -4.80. The van der Waals surface area contributed by atoms with Crippen LogP contribution < -0.4 is 10.6 Å². The molecule has 1 aromatic carbocycles. The van der Waals surface area contributed by atoms with E-state index in [0.717, 1.165) is 18.2 Å². The molecule has 1 aliphatic rings. The van der Waals surface area contributed by atoms with Gasteiger partial charge < -0.3 is 5.73 Å². The van der Waals surface area contributed by atoms with Gasteiger partial charge in [-0.2, -0.15) is 13.2 Å². The Hall–Kier alpha value is -2.78. The van der Waals surface area contributed by atoms with Crippen molar-refractivity contribution in [2.75, 3.05) is 4.90 Å². The highest BCUT2D eigenvalue weighted by Crippen LogP contribution is 2.41. The van der Waals surface area contributed by atoms with Gasteiger partial charge in [0.05, 0.1) is 5.69 Å². The Bertz CT molecular complexity index is 835. The van der Waals surface area contributed by atoms with Crippen molar-refractivity contribution in [2.24, 2.45) is 5.73 Å². The molecule has 0 radical (unpaired) electrons. The number of carbonyl (C=O) groups is 1. The van der Waals surface area contributed by atoms with Crippen molar-refractivity contribution in [3.63, 3.8) is 0 Å². The molecule has 1 aromatic heterocycles. The Morgan fingerprint density at radius 2 is 1.84 bits per heavy atom. The molecular formula is C15H11F5N4O. The minimum Gasteiger partial charge on any atom is -0.351 e. The number of primary amides is 1. The van der Waals surface area contributed by atoms with Crippen molar-refractivity contribution < 1.29 is 26.7 Å². The van der Waals surface area contributed by atoms with Gasteiger partial charge in [-0.15, -0.1) is 0 Å². The number of nitrogens with two attached hydrogens (primary N) is 1. The summed E-state index contributed by atoms with van der Waals surface area (Å²) >= 11 is 0. The molecular weight excluding hydrogens is 347 g/mol. The lowest BCUT2D eigenvalue weighted by Crippen LogP contribution is -2.34. The SMILES string of the molecule is NC(=O)N(c1nc(C2CC2)cc(C(F)(F)F)n1)c1cc(F)ccc1F. The number of nitrogens with zero attached hydrogens (tertiary/aromatic N) is 3. The summed E-state index contributed by atoms with van der Waals surface area (Å²) in [4.78, 5) is 19.2. The molecule has 2 aromatic rings. The molecule has 3 rings (SSSR count). The summed E-state index contributed by atoms with van der Waals surface area (Å²) in [5, 5.41) is 0. The molecule has 0 aliphatic heterocycles. The number of rotatable bonds is 3. The summed E-state index contributed by atoms with van der Waals surface area (Å²) in [6.07, 6.45) is -3.53. The highest BCUT2D eigenvalue weighted by Gasteiger charge is 2.37. The molecule has 0 spiro atoms. The average molecular weight is 358 g/mol. The maximum absolute atomic E-state index is 14.0. The van der Waals surface area contributed by atoms with Gasteiger partial charge in [-0.05, 0) is 31.0 Å². The zero-order chi connectivity index (χ0) is 18.4. The Morgan fingerprint density at radius 1 is 1.16 bits per heavy atom. The molecule has 1 saturated carbocycles. The van der Waals surface area contributed by atoms with Crippen molar-refractivity contribution in [1.82, 2.24) is 9.97 Å². The number of aromatic nitrogens is 2. The third-order valence-electron chi connectivity index (χ3n) is 3.59. The fourth-order valence-corrected chi connectivity index (χ4v) is 2.27. The molecule has 5 nitrogen and oxygen atoms in total. The van der Waals surface area contributed by atoms with Gasteiger partial charge in [-0.3, -0.25) is 0 Å². The Morgan fingerprint density at radius 3 is 2.40 bits per heavy atom. The lowest BCUT2D eigenvalue weighted by molar-refractivity contribution is -0.141. The Kier molecular flexibility index (Phi) is 4.05. The number of anilines is 2. The third-order valence-corrected chi connectivity index (χ3v) is 3.59. The second-order valence-electron chi connectivity index (χ2n) is 5.52. The number of hydrogen-bond acceptors (Lipinski definition) is 3. The second kappa shape index (κ2) is 5.94. The predicted octanol–water partition coefficient (Wildman–Crippen LogP) is 3.87. The molecule has 2 N–H and O–H groups in total. The van der Waals surface area contributed by atoms with E-state index in [2.05, 4.69) is 9.97 Å². The fraction of sp³-hybridized carbons (Fsp3) is 0.267. The van der Waals surface area contributed by atoms with Crippen LogP contribution in [0.3, 0.4) is 0 Å². The predicted molar refractivity (Wildman–Crippen MR) is 77.1 cm³/mol. The number of halogens is 5. The van der Waals surface area contributed by atoms with Crippen molar-refractivity contribution >= 4 is 17.7 Å². The first-order chi connectivity index (χ1) is 11.7. The van der Waals surface area contributed by atoms with Gasteiger partial charge in [0, 0.05) is 17.7 Å². The smallest absolute Gasteiger partial charge is 0.351 e. The standard InChI is InChI=1S/C15H11F5N4O/c16-8-3-4-9(17)11(5-8)24(13(21)25)14-22-10(7-1-2-7)6-12(23-14)15(18,19)20/h3-7H,1-2H2,(H2,21,25). The third kappa shape index (κ3) is 3.52. The molecule has 25 heavy (non-hydrogen) atoms. The number of alkyl halides is 3. The number of amides is 2. The summed E-state index contributed by atoms with van der Waals surface area (Å²) in [6, 6.07) is 1.57. The van der Waals surface area contributed by atoms with E-state index >= 15 is 0 Å². The maximum atomic E-state index is 14.0. The molecule has 1 heterocycles. The van der Waals surface area contributed by atoms with Crippen LogP contribution >= 0.6 is 0 Å². The number of carbonyl (C=O) groups excluding carboxylic acids is 1. The van der Waals surface area contributed by atoms with Crippen molar-refractivity contribution in [3.8, 4) is 0 Å². The van der Waals surface area contributed by atoms with Crippen molar-refractivity contribution in [2.45, 2.75) is 24.9 Å². The second-order valence-corrected chi connectivity index (χ2v) is 5.52. The van der Waals surface area contributed by atoms with Crippen LogP contribution in [0, 0.1) is 11.6 Å². The molecule has 0 atom stereocenters. The lowest BCUT2D eigenvalue weighted by atomic mass is 10.2. The van der Waals surface area contributed by atoms with Gasteiger partial charge in [0.1, 0.15) is 17.3 Å². The first-order valence-corrected chi connectivity index (χ1v) is 7.17. The van der Waals surface area contributed by atoms with Crippen LogP contribution in [0.4, 0.5) is 38.4 Å². The van der Waals surface area contributed by atoms with Crippen LogP contribution in [-0.4, -0.2) is 16.0 Å². The molecule has 2 amide bonds. The fourth-order valence-electron chi connectivity index (χ4n) is 2.27. The van der Waals surface area contributed by atoms with Crippen LogP contribution in [0.25, 0.3) is 0 Å². The highest BCUT2D eigenvalue weighted by molar-refractivity contribution is 5.96. The summed E-state index contributed by atoms with van der Waals surface area (Å²) in [5.41, 5.74) is 3.27. The first-order valence-electron chi connectivity index (χ1n) is 7.17. The van der Waals surface area contributed by atoms with Crippen LogP contribution in [0.5, 0.6) is 0 Å². The quantitative estimate of drug-likeness (QED) is 0.847. The van der Waals surface area contributed by atoms with Gasteiger partial charge in [-0.25, -0.2) is 28.4 Å². The van der Waals surface area contributed by atoms with Gasteiger partial charge in [0.2, 0.25) is 5.95 Å². The van der Waals surface area contributed by atoms with E-state index in [9.17, 15) is 26.7 Å². The van der Waals surface area contributed by atoms with Crippen LogP contribution in [0.15, 0.2) is 24.3 Å². The van der Waals surface area contributed by atoms with E-state index in [0.29, 0.717) is 23.8 Å². The molecule has 0 unspecified atom stereocenters. The summed E-state index contributed by atoms with van der Waals surface area (Å²) in [7, 11) is 0. The Labute approximate surface area is 138 Å². The van der Waals surface area contributed by atoms with E-state index < -0.39 is 41.2 Å². The van der Waals surface area contributed by atoms with Crippen LogP contribution in [0.2, 0.25) is 0 Å². The molecule has 132 valence electrons. The zero-order valence-corrected chi connectivity index (χ0v) is 12.5. The molecule has 1 aliphatic carbocycles. The molecule has 0 bridgehead atoms. The lowest BCUT2D eigenvalue weighted by Gasteiger charge is -2.21. The number of urea groups is 1. The number of benzene rings is 1. The normalized spacial score (nSPS) is 14.4. The van der Waals surface area contributed by atoms with Crippen LogP contribution in [-0.2, 0) is 6.18 Å². The van der Waals surface area contributed by atoms with E-state index in [4.69, 9.17) is 5.73 Å². The summed E-state index contributed by atoms with van der Waals surface area (Å²) in [6.45, 7) is 0. The molecule has 1 fully saturated rings. The van der Waals surface area contributed by atoms with Gasteiger partial charge >= 0.3 is 12.2 Å². The highest BCUT2D eigenvalue weighted by atomic mass is 19.4. The monoisotopic (exact) mass is 358 g/mol. The van der Waals surface area contributed by atoms with E-state index in [1.807, 2.05) is 0 Å². The molecule has 10 heteroatoms. The van der Waals surface area contributed by atoms with E-state index in [1.54, 1.807) is 0 Å². The van der Waals surface area contributed by atoms with E-state index in [-0.39, 0.29) is 11.6 Å². The topological polar surface area (TPSA) is 72.1 Å². The maximum Gasteiger partial charge on any atom is 0.433 e. The zero-order valence-electron chi connectivity index (χ0n) is 12.5. The van der Waals surface area contributed by atoms with Gasteiger partial charge in [0.25, 0.3) is 0 Å². The average Bonchev–Trinajstić information content (AvgIpc) is 3.34. The van der Waals surface area contributed by atoms with Crippen molar-refractivity contribution in [3.05, 3.63) is 47.3 Å². The van der Waals surface area contributed by atoms with E-state index in [1.165, 1.54) is 0 Å². The largest absolute Gasteiger partial charge is 0.433 e. The number of hydrogen-bond donors (Lipinski definition) is 1. The molecule has 0 saturated heterocycles. The summed E-state index contributed by atoms with van der Waals surface area (Å²) < 4.78 is 66.6. The first kappa shape index (κ1) is 17.1. The minimum absolute atomic E-state index is 0.0698. The summed E-state index contributed by atoms with van der Waals surface area (Å²) in [5.74, 6) is -2.92. The van der Waals surface area contributed by atoms with Gasteiger partial charge in [0.15, 0.2) is 0 Å². The Balaban J connectivity index is 2.18.